The summed E-state index contributed by atoms with van der Waals surface area (Å²) in [5.74, 6) is 0.0112. The van der Waals surface area contributed by atoms with Crippen LogP contribution in [0.4, 0.5) is 0 Å². The first-order chi connectivity index (χ1) is 21.0. The highest BCUT2D eigenvalue weighted by Crippen LogP contribution is 2.16. The molecule has 0 rings (SSSR count). The predicted octanol–water partition coefficient (Wildman–Crippen LogP) is 13.1. The van der Waals surface area contributed by atoms with Crippen molar-refractivity contribution in [2.45, 2.75) is 219 Å². The van der Waals surface area contributed by atoms with Crippen molar-refractivity contribution in [2.24, 2.45) is 0 Å². The van der Waals surface area contributed by atoms with Crippen molar-refractivity contribution in [2.75, 3.05) is 33.8 Å². The summed E-state index contributed by atoms with van der Waals surface area (Å²) in [6.07, 6.45) is 43.6. The zero-order valence-electron chi connectivity index (χ0n) is 30.5. The quantitative estimate of drug-likeness (QED) is 0.0402. The first-order valence-electron chi connectivity index (χ1n) is 20.0. The number of carbonyl (C=O) groups is 1. The van der Waals surface area contributed by atoms with E-state index in [0.717, 1.165) is 17.4 Å². The van der Waals surface area contributed by atoms with Crippen LogP contribution in [0, 0.1) is 0 Å². The van der Waals surface area contributed by atoms with Crippen molar-refractivity contribution < 1.29 is 14.0 Å². The van der Waals surface area contributed by atoms with Crippen molar-refractivity contribution >= 4 is 5.97 Å². The zero-order chi connectivity index (χ0) is 31.5. The second-order valence-electron chi connectivity index (χ2n) is 14.6. The Morgan fingerprint density at radius 3 is 1.00 bits per heavy atom. The summed E-state index contributed by atoms with van der Waals surface area (Å²) in [5.41, 5.74) is 0. The summed E-state index contributed by atoms with van der Waals surface area (Å²) < 4.78 is 6.54. The molecule has 0 unspecified atom stereocenters. The average Bonchev–Trinajstić information content (AvgIpc) is 2.98. The molecule has 0 fully saturated rings. The van der Waals surface area contributed by atoms with E-state index in [9.17, 15) is 4.79 Å². The topological polar surface area (TPSA) is 26.3 Å². The van der Waals surface area contributed by atoms with Gasteiger partial charge in [-0.05, 0) is 19.3 Å². The van der Waals surface area contributed by atoms with Gasteiger partial charge in [0.15, 0.2) is 0 Å². The van der Waals surface area contributed by atoms with Crippen LogP contribution in [0.15, 0.2) is 0 Å². The molecule has 0 radical (unpaired) electrons. The molecule has 3 nitrogen and oxygen atoms in total. The normalized spacial score (nSPS) is 11.8. The molecule has 258 valence electrons. The second kappa shape index (κ2) is 34.3. The minimum atomic E-state index is 0.0112. The summed E-state index contributed by atoms with van der Waals surface area (Å²) in [7, 11) is 4.57. The Kier molecular flexibility index (Phi) is 33.9. The third kappa shape index (κ3) is 35.8. The second-order valence-corrected chi connectivity index (χ2v) is 14.6. The van der Waals surface area contributed by atoms with E-state index in [-0.39, 0.29) is 5.97 Å². The molecular formula is C40H82NO2+. The molecule has 0 aromatic heterocycles. The van der Waals surface area contributed by atoms with Crippen molar-refractivity contribution in [3.8, 4) is 0 Å². The lowest BCUT2D eigenvalue weighted by molar-refractivity contribution is -0.890. The Morgan fingerprint density at radius 1 is 0.395 bits per heavy atom. The first-order valence-corrected chi connectivity index (χ1v) is 20.0. The highest BCUT2D eigenvalue weighted by atomic mass is 16.5. The number of rotatable bonds is 36. The molecule has 0 aromatic rings. The smallest absolute Gasteiger partial charge is 0.305 e. The van der Waals surface area contributed by atoms with Crippen LogP contribution in [0.5, 0.6) is 0 Å². The Labute approximate surface area is 272 Å². The number of hydrogen-bond donors (Lipinski definition) is 0. The Bertz CT molecular complexity index is 547. The maximum Gasteiger partial charge on any atom is 0.305 e. The molecular weight excluding hydrogens is 526 g/mol. The number of unbranched alkanes of at least 4 members (excludes halogenated alkanes) is 29. The highest BCUT2D eigenvalue weighted by molar-refractivity contribution is 5.69. The number of ether oxygens (including phenoxy) is 1. The van der Waals surface area contributed by atoms with Crippen LogP contribution in [0.1, 0.15) is 219 Å². The van der Waals surface area contributed by atoms with Crippen LogP contribution >= 0.6 is 0 Å². The van der Waals surface area contributed by atoms with Gasteiger partial charge in [-0.1, -0.05) is 194 Å². The van der Waals surface area contributed by atoms with Crippen LogP contribution in [0.3, 0.4) is 0 Å². The van der Waals surface area contributed by atoms with E-state index >= 15 is 0 Å². The molecule has 43 heavy (non-hydrogen) atoms. The summed E-state index contributed by atoms with van der Waals surface area (Å²) in [5, 5.41) is 0. The van der Waals surface area contributed by atoms with E-state index in [1.54, 1.807) is 0 Å². The number of hydrogen-bond acceptors (Lipinski definition) is 2. The SMILES string of the molecule is CCCCCCCCCCCCCCCCCC[N+](C)(C)CCOC(=O)CCCCCCCCCCCCCCCCC. The molecule has 0 amide bonds. The minimum Gasteiger partial charge on any atom is -0.460 e. The molecule has 0 atom stereocenters. The molecule has 0 aliphatic heterocycles. The third-order valence-corrected chi connectivity index (χ3v) is 9.56. The van der Waals surface area contributed by atoms with Gasteiger partial charge in [-0.15, -0.1) is 0 Å². The van der Waals surface area contributed by atoms with Gasteiger partial charge in [-0.3, -0.25) is 4.79 Å². The number of carbonyl (C=O) groups excluding carboxylic acids is 1. The van der Waals surface area contributed by atoms with Crippen LogP contribution in [0.2, 0.25) is 0 Å². The van der Waals surface area contributed by atoms with Gasteiger partial charge in [0, 0.05) is 6.42 Å². The molecule has 0 heterocycles. The van der Waals surface area contributed by atoms with Gasteiger partial charge in [0.2, 0.25) is 0 Å². The van der Waals surface area contributed by atoms with Gasteiger partial charge in [-0.2, -0.15) is 0 Å². The molecule has 0 N–H and O–H groups in total. The van der Waals surface area contributed by atoms with E-state index in [0.29, 0.717) is 13.0 Å². The maximum absolute atomic E-state index is 12.2. The van der Waals surface area contributed by atoms with Crippen LogP contribution in [-0.2, 0) is 9.53 Å². The Morgan fingerprint density at radius 2 is 0.674 bits per heavy atom. The number of esters is 1. The molecule has 3 heteroatoms. The van der Waals surface area contributed by atoms with Gasteiger partial charge in [0.25, 0.3) is 0 Å². The molecule has 0 aliphatic rings. The average molecular weight is 609 g/mol. The van der Waals surface area contributed by atoms with E-state index < -0.39 is 0 Å². The van der Waals surface area contributed by atoms with Crippen LogP contribution in [0.25, 0.3) is 0 Å². The van der Waals surface area contributed by atoms with Crippen LogP contribution < -0.4 is 0 Å². The summed E-state index contributed by atoms with van der Waals surface area (Å²) in [6, 6.07) is 0. The van der Waals surface area contributed by atoms with E-state index in [4.69, 9.17) is 4.74 Å². The molecule has 0 saturated heterocycles. The maximum atomic E-state index is 12.2. The lowest BCUT2D eigenvalue weighted by Crippen LogP contribution is -2.43. The Balaban J connectivity index is 3.38. The van der Waals surface area contributed by atoms with Gasteiger partial charge in [-0.25, -0.2) is 0 Å². The largest absolute Gasteiger partial charge is 0.460 e. The fraction of sp³-hybridized carbons (Fsp3) is 0.975. The van der Waals surface area contributed by atoms with Gasteiger partial charge in [0.05, 0.1) is 20.6 Å². The van der Waals surface area contributed by atoms with Crippen molar-refractivity contribution in [3.63, 3.8) is 0 Å². The van der Waals surface area contributed by atoms with E-state index in [2.05, 4.69) is 27.9 Å². The number of likely N-dealkylation sites (N-methyl/N-ethyl adjacent to an activating group) is 1. The lowest BCUT2D eigenvalue weighted by Gasteiger charge is -2.29. The predicted molar refractivity (Wildman–Crippen MR) is 192 cm³/mol. The summed E-state index contributed by atoms with van der Waals surface area (Å²) in [6.45, 7) is 7.28. The Hall–Kier alpha value is -0.570. The van der Waals surface area contributed by atoms with Crippen LogP contribution in [-0.4, -0.2) is 44.2 Å². The number of quaternary nitrogens is 1. The third-order valence-electron chi connectivity index (χ3n) is 9.56. The minimum absolute atomic E-state index is 0.0112. The fourth-order valence-corrected chi connectivity index (χ4v) is 6.32. The monoisotopic (exact) mass is 609 g/mol. The first kappa shape index (κ1) is 42.4. The van der Waals surface area contributed by atoms with Crippen molar-refractivity contribution in [1.82, 2.24) is 0 Å². The standard InChI is InChI=1S/C40H82NO2/c1-5-7-9-11-13-15-17-19-21-23-25-27-29-31-33-35-37-41(3,4)38-39-43-40(42)36-34-32-30-28-26-24-22-20-18-16-14-12-10-8-6-2/h5-39H2,1-4H3/q+1. The highest BCUT2D eigenvalue weighted by Gasteiger charge is 2.15. The van der Waals surface area contributed by atoms with Gasteiger partial charge in [0.1, 0.15) is 13.2 Å². The zero-order valence-corrected chi connectivity index (χ0v) is 30.5. The summed E-state index contributed by atoms with van der Waals surface area (Å²) in [4.78, 5) is 12.2. The molecule has 0 saturated carbocycles. The van der Waals surface area contributed by atoms with Gasteiger partial charge < -0.3 is 9.22 Å². The molecule has 0 spiro atoms. The van der Waals surface area contributed by atoms with E-state index in [1.807, 2.05) is 0 Å². The molecule has 0 aliphatic carbocycles. The molecule has 0 bridgehead atoms. The van der Waals surface area contributed by atoms with Crippen molar-refractivity contribution in [1.29, 1.82) is 0 Å². The van der Waals surface area contributed by atoms with Crippen molar-refractivity contribution in [3.05, 3.63) is 0 Å². The van der Waals surface area contributed by atoms with Gasteiger partial charge >= 0.3 is 5.97 Å². The summed E-state index contributed by atoms with van der Waals surface area (Å²) >= 11 is 0. The molecule has 0 aromatic carbocycles. The number of nitrogens with zero attached hydrogens (tertiary/aromatic N) is 1. The lowest BCUT2D eigenvalue weighted by atomic mass is 10.0. The fourth-order valence-electron chi connectivity index (χ4n) is 6.32. The van der Waals surface area contributed by atoms with E-state index in [1.165, 1.54) is 199 Å².